The molecule has 1 aliphatic heterocycles. The SMILES string of the molecule is O=C(NC1CCCCC1)N1CCCC(COCc2ccccc2)C1. The predicted octanol–water partition coefficient (Wildman–Crippen LogP) is 3.96. The summed E-state index contributed by atoms with van der Waals surface area (Å²) in [5.74, 6) is 0.458. The van der Waals surface area contributed by atoms with Crippen molar-refractivity contribution in [3.05, 3.63) is 35.9 Å². The van der Waals surface area contributed by atoms with Crippen LogP contribution in [0.3, 0.4) is 0 Å². The normalized spacial score (nSPS) is 22.3. The molecule has 1 aliphatic carbocycles. The number of nitrogens with zero attached hydrogens (tertiary/aromatic N) is 1. The van der Waals surface area contributed by atoms with Crippen molar-refractivity contribution in [3.63, 3.8) is 0 Å². The molecule has 1 saturated carbocycles. The van der Waals surface area contributed by atoms with Crippen molar-refractivity contribution in [2.75, 3.05) is 19.7 Å². The molecule has 0 bridgehead atoms. The molecule has 4 heteroatoms. The summed E-state index contributed by atoms with van der Waals surface area (Å²) in [6.45, 7) is 3.11. The number of urea groups is 1. The maximum atomic E-state index is 12.5. The van der Waals surface area contributed by atoms with Crippen molar-refractivity contribution in [3.8, 4) is 0 Å². The summed E-state index contributed by atoms with van der Waals surface area (Å²) in [5.41, 5.74) is 1.21. The van der Waals surface area contributed by atoms with E-state index < -0.39 is 0 Å². The molecule has 2 fully saturated rings. The molecule has 0 aromatic heterocycles. The number of hydrogen-bond acceptors (Lipinski definition) is 2. The maximum absolute atomic E-state index is 12.5. The summed E-state index contributed by atoms with van der Waals surface area (Å²) in [4.78, 5) is 14.5. The minimum absolute atomic E-state index is 0.134. The van der Waals surface area contributed by atoms with E-state index in [9.17, 15) is 4.79 Å². The second kappa shape index (κ2) is 9.07. The van der Waals surface area contributed by atoms with Crippen LogP contribution in [-0.4, -0.2) is 36.7 Å². The number of hydrogen-bond donors (Lipinski definition) is 1. The Morgan fingerprint density at radius 3 is 2.67 bits per heavy atom. The zero-order valence-corrected chi connectivity index (χ0v) is 14.6. The van der Waals surface area contributed by atoms with Crippen LogP contribution in [0.4, 0.5) is 4.79 Å². The summed E-state index contributed by atoms with van der Waals surface area (Å²) in [6, 6.07) is 10.8. The molecule has 4 nitrogen and oxygen atoms in total. The lowest BCUT2D eigenvalue weighted by atomic mass is 9.95. The fourth-order valence-electron chi connectivity index (χ4n) is 3.82. The van der Waals surface area contributed by atoms with Gasteiger partial charge < -0.3 is 15.0 Å². The largest absolute Gasteiger partial charge is 0.376 e. The smallest absolute Gasteiger partial charge is 0.317 e. The molecule has 1 saturated heterocycles. The van der Waals surface area contributed by atoms with Gasteiger partial charge in [0.1, 0.15) is 0 Å². The third-order valence-corrected chi connectivity index (χ3v) is 5.20. The van der Waals surface area contributed by atoms with Crippen molar-refractivity contribution in [2.24, 2.45) is 5.92 Å². The van der Waals surface area contributed by atoms with Gasteiger partial charge in [-0.3, -0.25) is 0 Å². The van der Waals surface area contributed by atoms with Gasteiger partial charge >= 0.3 is 6.03 Å². The van der Waals surface area contributed by atoms with Crippen LogP contribution in [0.1, 0.15) is 50.5 Å². The Labute approximate surface area is 145 Å². The summed E-state index contributed by atoms with van der Waals surface area (Å²) in [6.07, 6.45) is 8.34. The van der Waals surface area contributed by atoms with E-state index in [1.807, 2.05) is 23.1 Å². The Hall–Kier alpha value is -1.55. The third-order valence-electron chi connectivity index (χ3n) is 5.20. The number of nitrogens with one attached hydrogen (secondary N) is 1. The van der Waals surface area contributed by atoms with Crippen molar-refractivity contribution in [2.45, 2.75) is 57.6 Å². The van der Waals surface area contributed by atoms with Gasteiger partial charge in [-0.2, -0.15) is 0 Å². The van der Waals surface area contributed by atoms with Gasteiger partial charge in [-0.1, -0.05) is 49.6 Å². The van der Waals surface area contributed by atoms with Crippen LogP contribution >= 0.6 is 0 Å². The second-order valence-corrected chi connectivity index (χ2v) is 7.24. The first-order valence-electron chi connectivity index (χ1n) is 9.48. The van der Waals surface area contributed by atoms with Crippen molar-refractivity contribution < 1.29 is 9.53 Å². The number of amides is 2. The van der Waals surface area contributed by atoms with E-state index in [0.717, 1.165) is 45.4 Å². The lowest BCUT2D eigenvalue weighted by Gasteiger charge is -2.34. The molecule has 1 atom stereocenters. The number of ether oxygens (including phenoxy) is 1. The van der Waals surface area contributed by atoms with Gasteiger partial charge in [0.05, 0.1) is 13.2 Å². The Balaban J connectivity index is 1.39. The summed E-state index contributed by atoms with van der Waals surface area (Å²) < 4.78 is 5.88. The van der Waals surface area contributed by atoms with Gasteiger partial charge in [0.15, 0.2) is 0 Å². The highest BCUT2D eigenvalue weighted by atomic mass is 16.5. The highest BCUT2D eigenvalue weighted by Gasteiger charge is 2.25. The third kappa shape index (κ3) is 5.23. The Morgan fingerprint density at radius 2 is 1.88 bits per heavy atom. The van der Waals surface area contributed by atoms with Gasteiger partial charge in [0.2, 0.25) is 0 Å². The van der Waals surface area contributed by atoms with Gasteiger partial charge in [0, 0.05) is 25.0 Å². The number of likely N-dealkylation sites (tertiary alicyclic amines) is 1. The lowest BCUT2D eigenvalue weighted by Crippen LogP contribution is -2.49. The first-order chi connectivity index (χ1) is 11.8. The minimum Gasteiger partial charge on any atom is -0.376 e. The number of rotatable bonds is 5. The molecule has 1 aromatic rings. The first-order valence-corrected chi connectivity index (χ1v) is 9.48. The molecule has 1 heterocycles. The quantitative estimate of drug-likeness (QED) is 0.888. The Bertz CT molecular complexity index is 500. The number of carbonyl (C=O) groups is 1. The van der Waals surface area contributed by atoms with Gasteiger partial charge in [-0.15, -0.1) is 0 Å². The van der Waals surface area contributed by atoms with Crippen LogP contribution in [0.5, 0.6) is 0 Å². The van der Waals surface area contributed by atoms with E-state index in [1.54, 1.807) is 0 Å². The van der Waals surface area contributed by atoms with Gasteiger partial charge in [-0.25, -0.2) is 4.79 Å². The average molecular weight is 330 g/mol. The van der Waals surface area contributed by atoms with E-state index >= 15 is 0 Å². The van der Waals surface area contributed by atoms with E-state index in [1.165, 1.54) is 24.8 Å². The Morgan fingerprint density at radius 1 is 1.08 bits per heavy atom. The predicted molar refractivity (Wildman–Crippen MR) is 95.8 cm³/mol. The highest BCUT2D eigenvalue weighted by molar-refractivity contribution is 5.74. The van der Waals surface area contributed by atoms with Crippen LogP contribution in [0, 0.1) is 5.92 Å². The molecule has 0 radical (unpaired) electrons. The minimum atomic E-state index is 0.134. The van der Waals surface area contributed by atoms with Crippen molar-refractivity contribution in [1.29, 1.82) is 0 Å². The molecule has 1 aromatic carbocycles. The number of carbonyl (C=O) groups excluding carboxylic acids is 1. The molecule has 1 unspecified atom stereocenters. The van der Waals surface area contributed by atoms with E-state index in [2.05, 4.69) is 17.4 Å². The fraction of sp³-hybridized carbons (Fsp3) is 0.650. The summed E-state index contributed by atoms with van der Waals surface area (Å²) in [7, 11) is 0. The molecule has 0 spiro atoms. The number of benzene rings is 1. The molecular weight excluding hydrogens is 300 g/mol. The van der Waals surface area contributed by atoms with E-state index in [4.69, 9.17) is 4.74 Å². The molecule has 1 N–H and O–H groups in total. The van der Waals surface area contributed by atoms with Crippen LogP contribution < -0.4 is 5.32 Å². The number of piperidine rings is 1. The lowest BCUT2D eigenvalue weighted by molar-refractivity contribution is 0.0586. The van der Waals surface area contributed by atoms with Crippen molar-refractivity contribution in [1.82, 2.24) is 10.2 Å². The van der Waals surface area contributed by atoms with Gasteiger partial charge in [-0.05, 0) is 31.2 Å². The maximum Gasteiger partial charge on any atom is 0.317 e. The monoisotopic (exact) mass is 330 g/mol. The molecule has 3 rings (SSSR count). The van der Waals surface area contributed by atoms with Gasteiger partial charge in [0.25, 0.3) is 0 Å². The van der Waals surface area contributed by atoms with Crippen LogP contribution in [-0.2, 0) is 11.3 Å². The van der Waals surface area contributed by atoms with E-state index in [-0.39, 0.29) is 6.03 Å². The summed E-state index contributed by atoms with van der Waals surface area (Å²) in [5, 5.41) is 3.24. The first kappa shape index (κ1) is 17.3. The van der Waals surface area contributed by atoms with Crippen LogP contribution in [0.2, 0.25) is 0 Å². The average Bonchev–Trinajstić information content (AvgIpc) is 2.64. The second-order valence-electron chi connectivity index (χ2n) is 7.24. The molecule has 2 aliphatic rings. The summed E-state index contributed by atoms with van der Waals surface area (Å²) >= 11 is 0. The molecule has 132 valence electrons. The fourth-order valence-corrected chi connectivity index (χ4v) is 3.82. The highest BCUT2D eigenvalue weighted by Crippen LogP contribution is 2.20. The van der Waals surface area contributed by atoms with Crippen LogP contribution in [0.25, 0.3) is 0 Å². The molecular formula is C20H30N2O2. The standard InChI is InChI=1S/C20H30N2O2/c23-20(21-19-11-5-2-6-12-19)22-13-7-10-18(14-22)16-24-15-17-8-3-1-4-9-17/h1,3-4,8-9,18-19H,2,5-7,10-16H2,(H,21,23). The van der Waals surface area contributed by atoms with E-state index in [0.29, 0.717) is 18.6 Å². The van der Waals surface area contributed by atoms with Crippen LogP contribution in [0.15, 0.2) is 30.3 Å². The Kier molecular flexibility index (Phi) is 6.53. The zero-order valence-electron chi connectivity index (χ0n) is 14.6. The topological polar surface area (TPSA) is 41.6 Å². The molecule has 2 amide bonds. The zero-order chi connectivity index (χ0) is 16.6. The van der Waals surface area contributed by atoms with Crippen molar-refractivity contribution >= 4 is 6.03 Å². The molecule has 24 heavy (non-hydrogen) atoms.